The minimum atomic E-state index is -1.77. The summed E-state index contributed by atoms with van der Waals surface area (Å²) in [7, 11) is 0. The van der Waals surface area contributed by atoms with Gasteiger partial charge in [0.2, 0.25) is 0 Å². The van der Waals surface area contributed by atoms with Crippen molar-refractivity contribution in [3.05, 3.63) is 0 Å². The van der Waals surface area contributed by atoms with Gasteiger partial charge in [-0.25, -0.2) is 0 Å². The lowest BCUT2D eigenvalue weighted by molar-refractivity contribution is -0.564. The third-order valence-corrected chi connectivity index (χ3v) is 2.98. The second-order valence-electron chi connectivity index (χ2n) is 3.58. The Balaban J connectivity index is 2.20. The minimum Gasteiger partial charge on any atom is -0.319 e. The Morgan fingerprint density at radius 3 is 2.42 bits per heavy atom. The fourth-order valence-electron chi connectivity index (χ4n) is 1.70. The molecule has 70 valence electrons. The molecule has 0 aromatic carbocycles. The number of hydrogen-bond donors (Lipinski definition) is 1. The summed E-state index contributed by atoms with van der Waals surface area (Å²) in [4.78, 5) is 0. The predicted octanol–water partition coefficient (Wildman–Crippen LogP) is 0.452. The molecule has 2 bridgehead atoms. The highest BCUT2D eigenvalue weighted by molar-refractivity contribution is 4.90. The van der Waals surface area contributed by atoms with Crippen LogP contribution in [0.2, 0.25) is 0 Å². The summed E-state index contributed by atoms with van der Waals surface area (Å²) in [6.45, 7) is 5.05. The van der Waals surface area contributed by atoms with Crippen LogP contribution < -0.4 is 0 Å². The molecule has 3 aliphatic rings. The van der Waals surface area contributed by atoms with Crippen LogP contribution in [0.15, 0.2) is 0 Å². The van der Waals surface area contributed by atoms with Gasteiger partial charge in [-0.2, -0.15) is 0 Å². The summed E-state index contributed by atoms with van der Waals surface area (Å²) in [5.74, 6) is 0. The molecule has 1 N–H and O–H groups in total. The van der Waals surface area contributed by atoms with Crippen LogP contribution in [0.5, 0.6) is 0 Å². The van der Waals surface area contributed by atoms with Crippen molar-refractivity contribution in [2.24, 2.45) is 5.41 Å². The first-order valence-electron chi connectivity index (χ1n) is 4.28. The van der Waals surface area contributed by atoms with Crippen LogP contribution in [-0.2, 0) is 14.2 Å². The van der Waals surface area contributed by atoms with Gasteiger partial charge in [-0.1, -0.05) is 6.92 Å². The standard InChI is InChI=1S/C8H14O4/c1-3-7-4-10-8(9,11-5-7)12-6(7)2/h6,9H,3-5H2,1-2H3. The first-order valence-corrected chi connectivity index (χ1v) is 4.28. The lowest BCUT2D eigenvalue weighted by atomic mass is 9.80. The fourth-order valence-corrected chi connectivity index (χ4v) is 1.70. The molecule has 0 aromatic heterocycles. The van der Waals surface area contributed by atoms with Crippen LogP contribution in [0.1, 0.15) is 20.3 Å². The minimum absolute atomic E-state index is 0.00463. The third-order valence-electron chi connectivity index (χ3n) is 2.98. The lowest BCUT2D eigenvalue weighted by Gasteiger charge is -2.52. The fraction of sp³-hybridized carbons (Fsp3) is 1.00. The van der Waals surface area contributed by atoms with Gasteiger partial charge in [-0.15, -0.1) is 0 Å². The first kappa shape index (κ1) is 8.44. The average Bonchev–Trinajstić information content (AvgIpc) is 2.05. The third kappa shape index (κ3) is 0.992. The Kier molecular flexibility index (Phi) is 1.70. The molecule has 3 saturated heterocycles. The van der Waals surface area contributed by atoms with E-state index in [9.17, 15) is 5.11 Å². The molecule has 3 fully saturated rings. The SMILES string of the molecule is CCC12COC(O)(OC1)OC2C. The second kappa shape index (κ2) is 2.42. The smallest absolute Gasteiger partial charge is 0.319 e. The molecule has 0 saturated carbocycles. The summed E-state index contributed by atoms with van der Waals surface area (Å²) < 4.78 is 15.3. The summed E-state index contributed by atoms with van der Waals surface area (Å²) in [6.07, 6.45) is -0.837. The zero-order chi connectivity index (χ0) is 8.82. The zero-order valence-electron chi connectivity index (χ0n) is 7.37. The van der Waals surface area contributed by atoms with E-state index in [1.165, 1.54) is 0 Å². The van der Waals surface area contributed by atoms with Crippen molar-refractivity contribution >= 4 is 0 Å². The Hall–Kier alpha value is -0.160. The summed E-state index contributed by atoms with van der Waals surface area (Å²) >= 11 is 0. The van der Waals surface area contributed by atoms with Crippen molar-refractivity contribution in [3.63, 3.8) is 0 Å². The highest BCUT2D eigenvalue weighted by Gasteiger charge is 2.55. The molecule has 0 aromatic rings. The number of ether oxygens (including phenoxy) is 3. The maximum absolute atomic E-state index is 9.43. The van der Waals surface area contributed by atoms with Gasteiger partial charge in [-0.05, 0) is 13.3 Å². The van der Waals surface area contributed by atoms with Crippen LogP contribution in [0.3, 0.4) is 0 Å². The molecule has 4 nitrogen and oxygen atoms in total. The molecule has 3 rings (SSSR count). The maximum Gasteiger partial charge on any atom is 0.410 e. The van der Waals surface area contributed by atoms with Gasteiger partial charge in [0.1, 0.15) is 0 Å². The summed E-state index contributed by atoms with van der Waals surface area (Å²) in [6, 6.07) is 0. The van der Waals surface area contributed by atoms with Gasteiger partial charge < -0.3 is 14.6 Å². The zero-order valence-corrected chi connectivity index (χ0v) is 7.37. The highest BCUT2D eigenvalue weighted by atomic mass is 17.0. The summed E-state index contributed by atoms with van der Waals surface area (Å²) in [5.41, 5.74) is -0.0650. The van der Waals surface area contributed by atoms with Crippen LogP contribution in [-0.4, -0.2) is 30.6 Å². The van der Waals surface area contributed by atoms with Gasteiger partial charge in [0.05, 0.1) is 19.3 Å². The molecular weight excluding hydrogens is 160 g/mol. The predicted molar refractivity (Wildman–Crippen MR) is 40.1 cm³/mol. The van der Waals surface area contributed by atoms with E-state index < -0.39 is 6.16 Å². The van der Waals surface area contributed by atoms with Crippen LogP contribution in [0, 0.1) is 5.41 Å². The van der Waals surface area contributed by atoms with Gasteiger partial charge in [0, 0.05) is 5.41 Å². The van der Waals surface area contributed by atoms with Crippen molar-refractivity contribution in [1.29, 1.82) is 0 Å². The number of fused-ring (bicyclic) bond motifs is 3. The lowest BCUT2D eigenvalue weighted by Crippen LogP contribution is -2.63. The molecule has 1 atom stereocenters. The van der Waals surface area contributed by atoms with E-state index in [1.807, 2.05) is 6.92 Å². The Bertz CT molecular complexity index is 183. The molecule has 0 aliphatic carbocycles. The van der Waals surface area contributed by atoms with Crippen LogP contribution in [0.4, 0.5) is 0 Å². The quantitative estimate of drug-likeness (QED) is 0.627. The first-order chi connectivity index (χ1) is 5.60. The highest BCUT2D eigenvalue weighted by Crippen LogP contribution is 2.43. The second-order valence-corrected chi connectivity index (χ2v) is 3.58. The molecular formula is C8H14O4. The molecule has 0 amide bonds. The maximum atomic E-state index is 9.43. The van der Waals surface area contributed by atoms with Crippen LogP contribution >= 0.6 is 0 Å². The van der Waals surface area contributed by atoms with E-state index in [-0.39, 0.29) is 11.5 Å². The van der Waals surface area contributed by atoms with Gasteiger partial charge in [-0.3, -0.25) is 4.74 Å². The molecule has 0 spiro atoms. The Morgan fingerprint density at radius 2 is 2.00 bits per heavy atom. The van der Waals surface area contributed by atoms with E-state index >= 15 is 0 Å². The molecule has 0 radical (unpaired) electrons. The van der Waals surface area contributed by atoms with Gasteiger partial charge in [0.25, 0.3) is 0 Å². The molecule has 3 heterocycles. The van der Waals surface area contributed by atoms with Crippen LogP contribution in [0.25, 0.3) is 0 Å². The van der Waals surface area contributed by atoms with Crippen molar-refractivity contribution in [2.45, 2.75) is 32.5 Å². The van der Waals surface area contributed by atoms with Crippen molar-refractivity contribution < 1.29 is 19.3 Å². The Morgan fingerprint density at radius 1 is 1.42 bits per heavy atom. The normalized spacial score (nSPS) is 52.8. The number of aliphatic hydroxyl groups is 1. The molecule has 4 heteroatoms. The topological polar surface area (TPSA) is 47.9 Å². The monoisotopic (exact) mass is 174 g/mol. The van der Waals surface area contributed by atoms with E-state index in [1.54, 1.807) is 0 Å². The largest absolute Gasteiger partial charge is 0.410 e. The van der Waals surface area contributed by atoms with Gasteiger partial charge >= 0.3 is 6.16 Å². The number of hydrogen-bond acceptors (Lipinski definition) is 4. The summed E-state index contributed by atoms with van der Waals surface area (Å²) in [5, 5.41) is 9.43. The molecule has 3 aliphatic heterocycles. The van der Waals surface area contributed by atoms with E-state index in [0.717, 1.165) is 6.42 Å². The van der Waals surface area contributed by atoms with Gasteiger partial charge in [0.15, 0.2) is 0 Å². The molecule has 1 unspecified atom stereocenters. The van der Waals surface area contributed by atoms with Crippen molar-refractivity contribution in [3.8, 4) is 0 Å². The average molecular weight is 174 g/mol. The number of rotatable bonds is 1. The van der Waals surface area contributed by atoms with E-state index in [2.05, 4.69) is 6.92 Å². The molecule has 12 heavy (non-hydrogen) atoms. The Labute approximate surface area is 71.4 Å². The van der Waals surface area contributed by atoms with Crippen molar-refractivity contribution in [1.82, 2.24) is 0 Å². The van der Waals surface area contributed by atoms with Crippen molar-refractivity contribution in [2.75, 3.05) is 13.2 Å². The van der Waals surface area contributed by atoms with E-state index in [0.29, 0.717) is 13.2 Å². The van der Waals surface area contributed by atoms with E-state index in [4.69, 9.17) is 14.2 Å².